The normalized spacial score (nSPS) is 11.8. The fraction of sp³-hybridized carbons (Fsp3) is 0.0476. The Morgan fingerprint density at radius 2 is 0.780 bits per heavy atom. The van der Waals surface area contributed by atoms with Crippen LogP contribution < -0.4 is 0 Å². The van der Waals surface area contributed by atoms with Crippen molar-refractivity contribution in [2.75, 3.05) is 0 Å². The number of esters is 2. The average molecular weight is 693 g/mol. The summed E-state index contributed by atoms with van der Waals surface area (Å²) >= 11 is 2.49. The minimum Gasteiger partial charge on any atom is -0.457 e. The van der Waals surface area contributed by atoms with Crippen molar-refractivity contribution in [3.8, 4) is 0 Å². The van der Waals surface area contributed by atoms with Crippen LogP contribution in [0.3, 0.4) is 0 Å². The Kier molecular flexibility index (Phi) is 9.73. The predicted molar refractivity (Wildman–Crippen MR) is 192 cm³/mol. The molecule has 6 nitrogen and oxygen atoms in total. The van der Waals surface area contributed by atoms with E-state index in [1.54, 1.807) is 72.8 Å². The van der Waals surface area contributed by atoms with Crippen molar-refractivity contribution in [3.63, 3.8) is 0 Å². The van der Waals surface area contributed by atoms with E-state index in [-0.39, 0.29) is 47.0 Å². The highest BCUT2D eigenvalue weighted by Crippen LogP contribution is 2.42. The second-order valence-corrected chi connectivity index (χ2v) is 13.5. The number of ether oxygens (including phenoxy) is 2. The molecule has 0 bridgehead atoms. The van der Waals surface area contributed by atoms with Gasteiger partial charge in [0.15, 0.2) is 11.6 Å². The number of carbonyl (C=O) groups excluding carboxylic acids is 4. The van der Waals surface area contributed by atoms with E-state index in [1.807, 2.05) is 72.8 Å². The molecule has 1 aliphatic carbocycles. The average Bonchev–Trinajstić information content (AvgIpc) is 3.16. The van der Waals surface area contributed by atoms with Gasteiger partial charge in [0.25, 0.3) is 0 Å². The van der Waals surface area contributed by atoms with Crippen LogP contribution in [-0.4, -0.2) is 23.5 Å². The lowest BCUT2D eigenvalue weighted by molar-refractivity contribution is 0.0460. The summed E-state index contributed by atoms with van der Waals surface area (Å²) in [7, 11) is 0. The lowest BCUT2D eigenvalue weighted by Gasteiger charge is -2.22. The van der Waals surface area contributed by atoms with Crippen LogP contribution in [0.25, 0.3) is 0 Å². The van der Waals surface area contributed by atoms with Crippen molar-refractivity contribution in [2.24, 2.45) is 0 Å². The third-order valence-electron chi connectivity index (χ3n) is 8.08. The first-order valence-corrected chi connectivity index (χ1v) is 17.4. The second-order valence-electron chi connectivity index (χ2n) is 11.3. The van der Waals surface area contributed by atoms with Crippen molar-refractivity contribution in [3.05, 3.63) is 190 Å². The van der Waals surface area contributed by atoms with Gasteiger partial charge in [0.1, 0.15) is 13.2 Å². The molecule has 8 heteroatoms. The van der Waals surface area contributed by atoms with Gasteiger partial charge in [0.05, 0.1) is 11.1 Å². The number of rotatable bonds is 10. The van der Waals surface area contributed by atoms with Gasteiger partial charge in [-0.05, 0) is 47.5 Å². The molecular formula is C42H28O6S2. The zero-order valence-electron chi connectivity index (χ0n) is 26.5. The Morgan fingerprint density at radius 3 is 1.20 bits per heavy atom. The summed E-state index contributed by atoms with van der Waals surface area (Å²) in [4.78, 5) is 57.0. The molecule has 1 aliphatic rings. The van der Waals surface area contributed by atoms with Gasteiger partial charge in [0.2, 0.25) is 0 Å². The lowest BCUT2D eigenvalue weighted by Crippen LogP contribution is -2.22. The van der Waals surface area contributed by atoms with Crippen LogP contribution in [0.4, 0.5) is 0 Å². The molecule has 7 rings (SSSR count). The molecule has 244 valence electrons. The first-order valence-electron chi connectivity index (χ1n) is 15.8. The van der Waals surface area contributed by atoms with Crippen LogP contribution in [0.5, 0.6) is 0 Å². The minimum absolute atomic E-state index is 0.128. The topological polar surface area (TPSA) is 86.7 Å². The molecule has 0 aromatic heterocycles. The maximum absolute atomic E-state index is 14.2. The number of fused-ring (bicyclic) bond motifs is 2. The van der Waals surface area contributed by atoms with E-state index in [1.165, 1.54) is 23.5 Å². The fourth-order valence-electron chi connectivity index (χ4n) is 5.64. The number of ketones is 2. The maximum Gasteiger partial charge on any atom is 0.339 e. The summed E-state index contributed by atoms with van der Waals surface area (Å²) in [6.45, 7) is 0.256. The van der Waals surface area contributed by atoms with Crippen molar-refractivity contribution < 1.29 is 28.7 Å². The van der Waals surface area contributed by atoms with Gasteiger partial charge >= 0.3 is 11.9 Å². The summed E-state index contributed by atoms with van der Waals surface area (Å²) in [5, 5.41) is 0. The van der Waals surface area contributed by atoms with Crippen LogP contribution >= 0.6 is 23.5 Å². The molecule has 0 N–H and O–H groups in total. The van der Waals surface area contributed by atoms with Gasteiger partial charge in [0, 0.05) is 41.8 Å². The predicted octanol–water partition coefficient (Wildman–Crippen LogP) is 9.48. The summed E-state index contributed by atoms with van der Waals surface area (Å²) in [5.41, 5.74) is 3.59. The van der Waals surface area contributed by atoms with E-state index in [9.17, 15) is 19.2 Å². The van der Waals surface area contributed by atoms with E-state index >= 15 is 0 Å². The molecular weight excluding hydrogens is 665 g/mol. The molecule has 0 aliphatic heterocycles. The Balaban J connectivity index is 1.15. The third kappa shape index (κ3) is 6.89. The van der Waals surface area contributed by atoms with Crippen molar-refractivity contribution in [1.29, 1.82) is 0 Å². The Labute approximate surface area is 297 Å². The lowest BCUT2D eigenvalue weighted by atomic mass is 9.84. The summed E-state index contributed by atoms with van der Waals surface area (Å²) < 4.78 is 11.2. The van der Waals surface area contributed by atoms with Gasteiger partial charge < -0.3 is 9.47 Å². The van der Waals surface area contributed by atoms with Gasteiger partial charge in [-0.2, -0.15) is 0 Å². The monoisotopic (exact) mass is 692 g/mol. The number of hydrogen-bond acceptors (Lipinski definition) is 8. The van der Waals surface area contributed by atoms with Crippen LogP contribution in [0.2, 0.25) is 0 Å². The molecule has 50 heavy (non-hydrogen) atoms. The van der Waals surface area contributed by atoms with Crippen molar-refractivity contribution in [1.82, 2.24) is 0 Å². The Morgan fingerprint density at radius 1 is 0.420 bits per heavy atom. The fourth-order valence-corrected chi connectivity index (χ4v) is 7.83. The molecule has 0 unspecified atom stereocenters. The first kappa shape index (κ1) is 32.8. The number of carbonyl (C=O) groups is 4. The van der Waals surface area contributed by atoms with E-state index in [0.29, 0.717) is 30.7 Å². The standard InChI is InChI=1S/C42H28O6S2/c43-39-32-20-12-24-36(50-34-22-10-8-18-30(34)42(46)48-26-28-15-5-2-6-16-28)38(32)40(44)31-19-11-23-35(37(31)39)49-33-21-9-7-17-29(33)41(45)47-25-27-13-3-1-4-14-27/h1-24H,25-26H2. The zero-order valence-corrected chi connectivity index (χ0v) is 28.2. The smallest absolute Gasteiger partial charge is 0.339 e. The molecule has 0 atom stereocenters. The maximum atomic E-state index is 14.2. The van der Waals surface area contributed by atoms with Gasteiger partial charge in [-0.15, -0.1) is 0 Å². The molecule has 0 amide bonds. The van der Waals surface area contributed by atoms with Crippen molar-refractivity contribution in [2.45, 2.75) is 32.8 Å². The van der Waals surface area contributed by atoms with E-state index in [4.69, 9.17) is 9.47 Å². The Bertz CT molecular complexity index is 2090. The molecule has 0 saturated heterocycles. The van der Waals surface area contributed by atoms with Gasteiger partial charge in [-0.25, -0.2) is 9.59 Å². The Hall–Kier alpha value is -5.70. The van der Waals surface area contributed by atoms with Crippen LogP contribution in [0.15, 0.2) is 165 Å². The van der Waals surface area contributed by atoms with Gasteiger partial charge in [-0.1, -0.05) is 133 Å². The van der Waals surface area contributed by atoms with Gasteiger partial charge in [-0.3, -0.25) is 9.59 Å². The summed E-state index contributed by atoms with van der Waals surface area (Å²) in [6, 6.07) is 43.3. The van der Waals surface area contributed by atoms with Crippen molar-refractivity contribution >= 4 is 47.0 Å². The first-order chi connectivity index (χ1) is 24.5. The zero-order chi connectivity index (χ0) is 34.5. The summed E-state index contributed by atoms with van der Waals surface area (Å²) in [6.07, 6.45) is 0. The largest absolute Gasteiger partial charge is 0.457 e. The van der Waals surface area contributed by atoms with Crippen LogP contribution in [0.1, 0.15) is 63.7 Å². The molecule has 0 fully saturated rings. The highest BCUT2D eigenvalue weighted by Gasteiger charge is 2.34. The van der Waals surface area contributed by atoms with Crippen LogP contribution in [-0.2, 0) is 22.7 Å². The molecule has 0 spiro atoms. The highest BCUT2D eigenvalue weighted by atomic mass is 32.2. The molecule has 0 heterocycles. The second kappa shape index (κ2) is 14.8. The molecule has 6 aromatic rings. The number of hydrogen-bond donors (Lipinski definition) is 0. The SMILES string of the molecule is O=C(OCc1ccccc1)c1ccccc1Sc1cccc2c1C(=O)c1cccc(Sc3ccccc3C(=O)OCc3ccccc3)c1C2=O. The van der Waals surface area contributed by atoms with E-state index in [0.717, 1.165) is 11.1 Å². The quantitative estimate of drug-likeness (QED) is 0.131. The van der Waals surface area contributed by atoms with Crippen LogP contribution in [0, 0.1) is 0 Å². The van der Waals surface area contributed by atoms with E-state index < -0.39 is 11.9 Å². The highest BCUT2D eigenvalue weighted by molar-refractivity contribution is 7.99. The molecule has 0 saturated carbocycles. The summed E-state index contributed by atoms with van der Waals surface area (Å²) in [5.74, 6) is -1.56. The number of benzene rings is 6. The van der Waals surface area contributed by atoms with E-state index in [2.05, 4.69) is 0 Å². The third-order valence-corrected chi connectivity index (χ3v) is 10.3. The molecule has 6 aromatic carbocycles. The minimum atomic E-state index is -0.486. The molecule has 0 radical (unpaired) electrons.